The molecule has 3 rings (SSSR count). The molecular formula is C22H26N2O3. The average molecular weight is 366 g/mol. The van der Waals surface area contributed by atoms with Gasteiger partial charge in [-0.25, -0.2) is 4.79 Å². The number of hydrogen-bond acceptors (Lipinski definition) is 3. The maximum Gasteiger partial charge on any atom is 0.335 e. The standard InChI is InChI=1S/C22H26N2O3/c1-16-2-4-17(5-3-16)14-23-21(25)19-10-12-24(13-11-19)15-18-6-8-20(9-7-18)22(26)27/h2-9,19H,10-15H2,1H3,(H,23,25)(H,26,27). The Morgan fingerprint density at radius 3 is 2.19 bits per heavy atom. The smallest absolute Gasteiger partial charge is 0.335 e. The lowest BCUT2D eigenvalue weighted by molar-refractivity contribution is -0.126. The predicted molar refractivity (Wildman–Crippen MR) is 104 cm³/mol. The number of hydrogen-bond donors (Lipinski definition) is 2. The van der Waals surface area contributed by atoms with Crippen molar-refractivity contribution in [2.45, 2.75) is 32.9 Å². The van der Waals surface area contributed by atoms with Gasteiger partial charge in [0.05, 0.1) is 5.56 Å². The van der Waals surface area contributed by atoms with Crippen LogP contribution in [0.5, 0.6) is 0 Å². The quantitative estimate of drug-likeness (QED) is 0.824. The zero-order valence-electron chi connectivity index (χ0n) is 15.6. The summed E-state index contributed by atoms with van der Waals surface area (Å²) in [7, 11) is 0. The minimum Gasteiger partial charge on any atom is -0.478 e. The Morgan fingerprint density at radius 1 is 1.00 bits per heavy atom. The topological polar surface area (TPSA) is 69.6 Å². The number of amides is 1. The number of piperidine rings is 1. The van der Waals surface area contributed by atoms with Crippen molar-refractivity contribution < 1.29 is 14.7 Å². The van der Waals surface area contributed by atoms with Crippen LogP contribution in [0.2, 0.25) is 0 Å². The van der Waals surface area contributed by atoms with Gasteiger partial charge in [0.15, 0.2) is 0 Å². The maximum absolute atomic E-state index is 12.4. The van der Waals surface area contributed by atoms with Gasteiger partial charge in [-0.15, -0.1) is 0 Å². The van der Waals surface area contributed by atoms with Crippen LogP contribution < -0.4 is 5.32 Å². The SMILES string of the molecule is Cc1ccc(CNC(=O)C2CCN(Cc3ccc(C(=O)O)cc3)CC2)cc1. The van der Waals surface area contributed by atoms with Gasteiger partial charge in [-0.1, -0.05) is 42.0 Å². The zero-order valence-corrected chi connectivity index (χ0v) is 15.6. The number of carboxylic acids is 1. The van der Waals surface area contributed by atoms with Crippen molar-refractivity contribution in [1.82, 2.24) is 10.2 Å². The van der Waals surface area contributed by atoms with Crippen LogP contribution in [-0.2, 0) is 17.9 Å². The van der Waals surface area contributed by atoms with E-state index in [0.29, 0.717) is 12.1 Å². The van der Waals surface area contributed by atoms with Gasteiger partial charge < -0.3 is 10.4 Å². The Labute approximate surface area is 160 Å². The van der Waals surface area contributed by atoms with Crippen molar-refractivity contribution in [3.63, 3.8) is 0 Å². The van der Waals surface area contributed by atoms with E-state index in [2.05, 4.69) is 29.3 Å². The second kappa shape index (κ2) is 8.82. The van der Waals surface area contributed by atoms with E-state index < -0.39 is 5.97 Å². The number of carbonyl (C=O) groups is 2. The van der Waals surface area contributed by atoms with Crippen LogP contribution in [0.4, 0.5) is 0 Å². The number of aromatic carboxylic acids is 1. The molecule has 1 amide bonds. The van der Waals surface area contributed by atoms with E-state index in [1.807, 2.05) is 24.3 Å². The first kappa shape index (κ1) is 19.1. The van der Waals surface area contributed by atoms with E-state index in [1.54, 1.807) is 12.1 Å². The fourth-order valence-corrected chi connectivity index (χ4v) is 3.40. The molecule has 1 heterocycles. The summed E-state index contributed by atoms with van der Waals surface area (Å²) in [4.78, 5) is 25.7. The van der Waals surface area contributed by atoms with Crippen LogP contribution in [-0.4, -0.2) is 35.0 Å². The molecule has 0 unspecified atom stereocenters. The van der Waals surface area contributed by atoms with Crippen molar-refractivity contribution in [2.24, 2.45) is 5.92 Å². The van der Waals surface area contributed by atoms with Gasteiger partial charge in [0.2, 0.25) is 5.91 Å². The molecule has 2 aromatic rings. The summed E-state index contributed by atoms with van der Waals surface area (Å²) in [6.07, 6.45) is 1.71. The Balaban J connectivity index is 1.43. The molecule has 1 saturated heterocycles. The molecule has 0 bridgehead atoms. The molecule has 0 spiro atoms. The molecular weight excluding hydrogens is 340 g/mol. The number of nitrogens with zero attached hydrogens (tertiary/aromatic N) is 1. The summed E-state index contributed by atoms with van der Waals surface area (Å²) < 4.78 is 0. The second-order valence-electron chi connectivity index (χ2n) is 7.26. The fraction of sp³-hybridized carbons (Fsp3) is 0.364. The van der Waals surface area contributed by atoms with E-state index in [-0.39, 0.29) is 11.8 Å². The molecule has 0 aliphatic carbocycles. The average Bonchev–Trinajstić information content (AvgIpc) is 2.68. The summed E-state index contributed by atoms with van der Waals surface area (Å²) in [5, 5.41) is 12.0. The van der Waals surface area contributed by atoms with Gasteiger partial charge in [-0.05, 0) is 56.1 Å². The summed E-state index contributed by atoms with van der Waals surface area (Å²) in [5.41, 5.74) is 3.75. The lowest BCUT2D eigenvalue weighted by Crippen LogP contribution is -2.40. The molecule has 5 nitrogen and oxygen atoms in total. The van der Waals surface area contributed by atoms with Gasteiger partial charge in [-0.2, -0.15) is 0 Å². The van der Waals surface area contributed by atoms with Crippen LogP contribution in [0.3, 0.4) is 0 Å². The number of likely N-dealkylation sites (tertiary alicyclic amines) is 1. The second-order valence-corrected chi connectivity index (χ2v) is 7.26. The minimum atomic E-state index is -0.904. The highest BCUT2D eigenvalue weighted by Crippen LogP contribution is 2.19. The summed E-state index contributed by atoms with van der Waals surface area (Å²) in [6.45, 7) is 5.18. The van der Waals surface area contributed by atoms with Crippen LogP contribution in [0.25, 0.3) is 0 Å². The normalized spacial score (nSPS) is 15.4. The van der Waals surface area contributed by atoms with Crippen molar-refractivity contribution in [2.75, 3.05) is 13.1 Å². The van der Waals surface area contributed by atoms with Crippen LogP contribution in [0.1, 0.15) is 39.9 Å². The Kier molecular flexibility index (Phi) is 6.24. The molecule has 0 radical (unpaired) electrons. The van der Waals surface area contributed by atoms with Gasteiger partial charge in [0, 0.05) is 19.0 Å². The molecule has 1 aliphatic heterocycles. The maximum atomic E-state index is 12.4. The van der Waals surface area contributed by atoms with Gasteiger partial charge in [-0.3, -0.25) is 9.69 Å². The third-order valence-electron chi connectivity index (χ3n) is 5.15. The number of carboxylic acid groups (broad SMARTS) is 1. The van der Waals surface area contributed by atoms with Gasteiger partial charge >= 0.3 is 5.97 Å². The molecule has 2 aromatic carbocycles. The van der Waals surface area contributed by atoms with E-state index in [0.717, 1.165) is 43.6 Å². The van der Waals surface area contributed by atoms with Crippen molar-refractivity contribution in [3.05, 3.63) is 70.8 Å². The zero-order chi connectivity index (χ0) is 19.2. The van der Waals surface area contributed by atoms with E-state index >= 15 is 0 Å². The molecule has 142 valence electrons. The Morgan fingerprint density at radius 2 is 1.59 bits per heavy atom. The highest BCUT2D eigenvalue weighted by molar-refractivity contribution is 5.87. The summed E-state index contributed by atoms with van der Waals surface area (Å²) >= 11 is 0. The third kappa shape index (κ3) is 5.41. The highest BCUT2D eigenvalue weighted by atomic mass is 16.4. The number of rotatable bonds is 6. The lowest BCUT2D eigenvalue weighted by Gasteiger charge is -2.31. The van der Waals surface area contributed by atoms with Crippen LogP contribution >= 0.6 is 0 Å². The fourth-order valence-electron chi connectivity index (χ4n) is 3.40. The summed E-state index contributed by atoms with van der Waals surface area (Å²) in [6, 6.07) is 15.2. The van der Waals surface area contributed by atoms with Crippen molar-refractivity contribution >= 4 is 11.9 Å². The molecule has 0 atom stereocenters. The first-order valence-corrected chi connectivity index (χ1v) is 9.39. The highest BCUT2D eigenvalue weighted by Gasteiger charge is 2.24. The number of aryl methyl sites for hydroxylation is 1. The monoisotopic (exact) mass is 366 g/mol. The molecule has 0 saturated carbocycles. The van der Waals surface area contributed by atoms with Gasteiger partial charge in [0.1, 0.15) is 0 Å². The molecule has 5 heteroatoms. The van der Waals surface area contributed by atoms with E-state index in [1.165, 1.54) is 5.56 Å². The minimum absolute atomic E-state index is 0.0704. The number of nitrogens with one attached hydrogen (secondary N) is 1. The number of benzene rings is 2. The molecule has 27 heavy (non-hydrogen) atoms. The van der Waals surface area contributed by atoms with Gasteiger partial charge in [0.25, 0.3) is 0 Å². The Bertz CT molecular complexity index is 776. The molecule has 1 fully saturated rings. The predicted octanol–water partition coefficient (Wildman–Crippen LogP) is 3.22. The first-order chi connectivity index (χ1) is 13.0. The summed E-state index contributed by atoms with van der Waals surface area (Å²) in [5.74, 6) is -0.693. The van der Waals surface area contributed by atoms with E-state index in [4.69, 9.17) is 5.11 Å². The first-order valence-electron chi connectivity index (χ1n) is 9.39. The molecule has 2 N–H and O–H groups in total. The van der Waals surface area contributed by atoms with Crippen LogP contribution in [0.15, 0.2) is 48.5 Å². The number of carbonyl (C=O) groups excluding carboxylic acids is 1. The largest absolute Gasteiger partial charge is 0.478 e. The molecule has 0 aromatic heterocycles. The van der Waals surface area contributed by atoms with Crippen molar-refractivity contribution in [1.29, 1.82) is 0 Å². The Hall–Kier alpha value is -2.66. The third-order valence-corrected chi connectivity index (χ3v) is 5.15. The van der Waals surface area contributed by atoms with Crippen molar-refractivity contribution in [3.8, 4) is 0 Å². The lowest BCUT2D eigenvalue weighted by atomic mass is 9.95. The molecule has 1 aliphatic rings. The van der Waals surface area contributed by atoms with E-state index in [9.17, 15) is 9.59 Å². The van der Waals surface area contributed by atoms with Crippen LogP contribution in [0, 0.1) is 12.8 Å².